The van der Waals surface area contributed by atoms with Crippen molar-refractivity contribution >= 4 is 40.3 Å². The van der Waals surface area contributed by atoms with Gasteiger partial charge in [-0.15, -0.1) is 0 Å². The number of carbonyl (C=O) groups is 2. The molecule has 2 aliphatic rings. The van der Waals surface area contributed by atoms with Crippen molar-refractivity contribution in [1.29, 1.82) is 0 Å². The van der Waals surface area contributed by atoms with E-state index in [2.05, 4.69) is 38.4 Å². The molecule has 1 aromatic carbocycles. The lowest BCUT2D eigenvalue weighted by Crippen LogP contribution is -2.50. The SMILES string of the molecule is C=CC(=O)N1CC(n2nc(C#Cc3cc4ncn(C5CC5)c4cc3Cl)c(C(N)=O)c2NC)C1. The number of nitrogens with one attached hydrogen (secondary N) is 1. The van der Waals surface area contributed by atoms with E-state index < -0.39 is 5.91 Å². The number of halogens is 1. The molecule has 1 saturated heterocycles. The lowest BCUT2D eigenvalue weighted by molar-refractivity contribution is -0.131. The molecule has 33 heavy (non-hydrogen) atoms. The number of nitrogens with zero attached hydrogens (tertiary/aromatic N) is 5. The number of aromatic nitrogens is 4. The lowest BCUT2D eigenvalue weighted by atomic mass is 10.1. The Balaban J connectivity index is 1.50. The molecule has 3 aromatic rings. The van der Waals surface area contributed by atoms with Gasteiger partial charge in [-0.25, -0.2) is 9.67 Å². The number of nitrogens with two attached hydrogens (primary N) is 1. The number of hydrogen-bond donors (Lipinski definition) is 2. The molecule has 2 amide bonds. The Morgan fingerprint density at radius 2 is 2.03 bits per heavy atom. The van der Waals surface area contributed by atoms with Gasteiger partial charge in [0.25, 0.3) is 5.91 Å². The quantitative estimate of drug-likeness (QED) is 0.445. The van der Waals surface area contributed by atoms with E-state index in [0.717, 1.165) is 23.9 Å². The fourth-order valence-corrected chi connectivity index (χ4v) is 4.30. The van der Waals surface area contributed by atoms with Crippen LogP contribution in [0.4, 0.5) is 5.82 Å². The van der Waals surface area contributed by atoms with E-state index in [1.807, 2.05) is 18.5 Å². The average molecular weight is 464 g/mol. The minimum atomic E-state index is -0.641. The summed E-state index contributed by atoms with van der Waals surface area (Å²) in [5, 5.41) is 8.04. The average Bonchev–Trinajstić information content (AvgIpc) is 3.42. The van der Waals surface area contributed by atoms with Crippen LogP contribution in [0.5, 0.6) is 0 Å². The molecule has 1 saturated carbocycles. The van der Waals surface area contributed by atoms with E-state index in [1.54, 1.807) is 16.6 Å². The summed E-state index contributed by atoms with van der Waals surface area (Å²) in [5.74, 6) is 5.67. The van der Waals surface area contributed by atoms with Crippen molar-refractivity contribution in [3.63, 3.8) is 0 Å². The standard InChI is InChI=1S/C23H22ClN7O2/c1-3-20(32)29-10-15(11-29)31-23(26-2)21(22(25)33)17(28-31)7-4-13-8-18-19(9-16(13)24)30(12-27-18)14-5-6-14/h3,8-9,12,14-15,26H,1,5-6,10-11H2,2H3,(H2,25,33). The predicted octanol–water partition coefficient (Wildman–Crippen LogP) is 2.33. The maximum atomic E-state index is 12.2. The second-order valence-electron chi connectivity index (χ2n) is 8.19. The van der Waals surface area contributed by atoms with Crippen LogP contribution in [-0.4, -0.2) is 56.2 Å². The molecule has 1 aliphatic heterocycles. The molecule has 0 radical (unpaired) electrons. The Bertz CT molecular complexity index is 1370. The van der Waals surface area contributed by atoms with Gasteiger partial charge in [0.1, 0.15) is 11.4 Å². The molecule has 0 unspecified atom stereocenters. The van der Waals surface area contributed by atoms with E-state index in [1.165, 1.54) is 6.08 Å². The molecule has 0 bridgehead atoms. The van der Waals surface area contributed by atoms with Crippen LogP contribution in [0.1, 0.15) is 46.5 Å². The summed E-state index contributed by atoms with van der Waals surface area (Å²) >= 11 is 6.51. The van der Waals surface area contributed by atoms with Crippen LogP contribution in [-0.2, 0) is 4.79 Å². The summed E-state index contributed by atoms with van der Waals surface area (Å²) in [6.45, 7) is 4.42. The highest BCUT2D eigenvalue weighted by Gasteiger charge is 2.35. The fourth-order valence-electron chi connectivity index (χ4n) is 4.09. The van der Waals surface area contributed by atoms with Crippen molar-refractivity contribution in [1.82, 2.24) is 24.2 Å². The third-order valence-corrected chi connectivity index (χ3v) is 6.32. The Morgan fingerprint density at radius 3 is 2.67 bits per heavy atom. The summed E-state index contributed by atoms with van der Waals surface area (Å²) in [6.07, 6.45) is 5.41. The van der Waals surface area contributed by atoms with E-state index in [0.29, 0.717) is 35.5 Å². The zero-order valence-electron chi connectivity index (χ0n) is 18.0. The summed E-state index contributed by atoms with van der Waals surface area (Å²) in [6, 6.07) is 4.11. The molecule has 1 aliphatic carbocycles. The minimum absolute atomic E-state index is 0.101. The summed E-state index contributed by atoms with van der Waals surface area (Å²) < 4.78 is 3.81. The van der Waals surface area contributed by atoms with Crippen LogP contribution in [0.15, 0.2) is 31.1 Å². The first-order chi connectivity index (χ1) is 15.9. The molecule has 5 rings (SSSR count). The van der Waals surface area contributed by atoms with Gasteiger partial charge in [-0.2, -0.15) is 5.10 Å². The van der Waals surface area contributed by atoms with E-state index in [-0.39, 0.29) is 23.2 Å². The lowest BCUT2D eigenvalue weighted by Gasteiger charge is -2.39. The summed E-state index contributed by atoms with van der Waals surface area (Å²) in [7, 11) is 1.68. The largest absolute Gasteiger partial charge is 0.373 e. The normalized spacial score (nSPS) is 15.6. The van der Waals surface area contributed by atoms with Gasteiger partial charge in [-0.3, -0.25) is 9.59 Å². The molecule has 0 atom stereocenters. The number of amides is 2. The number of anilines is 1. The Labute approximate surface area is 195 Å². The molecule has 168 valence electrons. The molecule has 2 aromatic heterocycles. The number of likely N-dealkylation sites (tertiary alicyclic amines) is 1. The van der Waals surface area contributed by atoms with Gasteiger partial charge in [-0.1, -0.05) is 24.1 Å². The summed E-state index contributed by atoms with van der Waals surface area (Å²) in [4.78, 5) is 30.1. The molecular weight excluding hydrogens is 442 g/mol. The third-order valence-electron chi connectivity index (χ3n) is 6.01. The van der Waals surface area contributed by atoms with Crippen LogP contribution in [0.25, 0.3) is 11.0 Å². The molecular formula is C23H22ClN7O2. The van der Waals surface area contributed by atoms with Crippen molar-refractivity contribution in [3.8, 4) is 11.8 Å². The summed E-state index contributed by atoms with van der Waals surface area (Å²) in [5.41, 5.74) is 8.49. The Hall–Kier alpha value is -3.77. The highest BCUT2D eigenvalue weighted by Crippen LogP contribution is 2.38. The van der Waals surface area contributed by atoms with Gasteiger partial charge in [0, 0.05) is 31.7 Å². The van der Waals surface area contributed by atoms with E-state index >= 15 is 0 Å². The van der Waals surface area contributed by atoms with Gasteiger partial charge in [0.15, 0.2) is 5.69 Å². The fraction of sp³-hybridized carbons (Fsp3) is 0.304. The number of fused-ring (bicyclic) bond motifs is 1. The van der Waals surface area contributed by atoms with Gasteiger partial charge in [-0.05, 0) is 37.0 Å². The smallest absolute Gasteiger partial charge is 0.255 e. The number of rotatable bonds is 5. The van der Waals surface area contributed by atoms with Crippen LogP contribution in [0, 0.1) is 11.8 Å². The minimum Gasteiger partial charge on any atom is -0.373 e. The van der Waals surface area contributed by atoms with Crippen molar-refractivity contribution in [2.45, 2.75) is 24.9 Å². The second-order valence-corrected chi connectivity index (χ2v) is 8.59. The van der Waals surface area contributed by atoms with Crippen molar-refractivity contribution in [2.24, 2.45) is 5.73 Å². The number of imidazole rings is 1. The maximum absolute atomic E-state index is 12.2. The number of hydrogen-bond acceptors (Lipinski definition) is 5. The van der Waals surface area contributed by atoms with Crippen molar-refractivity contribution < 1.29 is 9.59 Å². The number of primary amides is 1. The van der Waals surface area contributed by atoms with E-state index in [9.17, 15) is 9.59 Å². The maximum Gasteiger partial charge on any atom is 0.255 e. The first kappa shape index (κ1) is 21.1. The number of carbonyl (C=O) groups excluding carboxylic acids is 2. The third kappa shape index (κ3) is 3.62. The Morgan fingerprint density at radius 1 is 1.27 bits per heavy atom. The molecule has 3 N–H and O–H groups in total. The molecule has 2 fully saturated rings. The van der Waals surface area contributed by atoms with Crippen LogP contribution < -0.4 is 11.1 Å². The molecule has 9 nitrogen and oxygen atoms in total. The first-order valence-electron chi connectivity index (χ1n) is 10.6. The van der Waals surface area contributed by atoms with Crippen LogP contribution >= 0.6 is 11.6 Å². The van der Waals surface area contributed by atoms with E-state index in [4.69, 9.17) is 17.3 Å². The van der Waals surface area contributed by atoms with Crippen LogP contribution in [0.3, 0.4) is 0 Å². The zero-order chi connectivity index (χ0) is 23.3. The zero-order valence-corrected chi connectivity index (χ0v) is 18.8. The predicted molar refractivity (Wildman–Crippen MR) is 125 cm³/mol. The second kappa shape index (κ2) is 7.98. The first-order valence-corrected chi connectivity index (χ1v) is 11.0. The topological polar surface area (TPSA) is 111 Å². The van der Waals surface area contributed by atoms with Crippen molar-refractivity contribution in [2.75, 3.05) is 25.5 Å². The highest BCUT2D eigenvalue weighted by molar-refractivity contribution is 6.32. The van der Waals surface area contributed by atoms with Crippen LogP contribution in [0.2, 0.25) is 5.02 Å². The number of benzene rings is 1. The monoisotopic (exact) mass is 463 g/mol. The van der Waals surface area contributed by atoms with Gasteiger partial charge in [0.05, 0.1) is 28.4 Å². The molecule has 10 heteroatoms. The Kier molecular flexibility index (Phi) is 5.10. The van der Waals surface area contributed by atoms with Gasteiger partial charge >= 0.3 is 0 Å². The highest BCUT2D eigenvalue weighted by atomic mass is 35.5. The van der Waals surface area contributed by atoms with Gasteiger partial charge < -0.3 is 20.5 Å². The molecule has 3 heterocycles. The molecule has 0 spiro atoms. The van der Waals surface area contributed by atoms with Gasteiger partial charge in [0.2, 0.25) is 5.91 Å². The van der Waals surface area contributed by atoms with Crippen molar-refractivity contribution in [3.05, 3.63) is 53.0 Å².